The molecule has 2 aliphatic rings. The molecule has 5 aromatic rings. The molecule has 207 valence electrons. The Morgan fingerprint density at radius 1 is 0.500 bits per heavy atom. The van der Waals surface area contributed by atoms with Crippen molar-refractivity contribution in [2.75, 3.05) is 0 Å². The van der Waals surface area contributed by atoms with Gasteiger partial charge in [0.2, 0.25) is 0 Å². The van der Waals surface area contributed by atoms with Crippen LogP contribution in [0.4, 0.5) is 0 Å². The van der Waals surface area contributed by atoms with Crippen molar-refractivity contribution in [1.29, 1.82) is 0 Å². The molecule has 0 saturated heterocycles. The summed E-state index contributed by atoms with van der Waals surface area (Å²) in [6.45, 7) is 0. The van der Waals surface area contributed by atoms with E-state index in [1.807, 2.05) is 0 Å². The molecule has 2 unspecified atom stereocenters. The molecule has 2 aliphatic carbocycles. The van der Waals surface area contributed by atoms with Crippen LogP contribution in [-0.4, -0.2) is 3.76 Å². The van der Waals surface area contributed by atoms with E-state index < -0.39 is 16.5 Å². The van der Waals surface area contributed by atoms with Gasteiger partial charge in [-0.3, -0.25) is 0 Å². The van der Waals surface area contributed by atoms with Gasteiger partial charge < -0.3 is 0 Å². The number of fused-ring (bicyclic) bond motifs is 2. The summed E-state index contributed by atoms with van der Waals surface area (Å²) in [4.78, 5) is 0. The quantitative estimate of drug-likeness (QED) is 0.154. The normalized spacial score (nSPS) is 18.6. The first-order valence-electron chi connectivity index (χ1n) is 15.3. The van der Waals surface area contributed by atoms with Gasteiger partial charge >= 0.3 is 250 Å². The molecule has 7 rings (SSSR count). The third-order valence-electron chi connectivity index (χ3n) is 10.6. The van der Waals surface area contributed by atoms with Crippen molar-refractivity contribution in [2.24, 2.45) is 0 Å². The van der Waals surface area contributed by atoms with Crippen LogP contribution in [-0.2, 0) is 23.0 Å². The molecule has 0 nitrogen and oxygen atoms in total. The van der Waals surface area contributed by atoms with Gasteiger partial charge in [-0.05, 0) is 0 Å². The van der Waals surface area contributed by atoms with Gasteiger partial charge in [0, 0.05) is 0 Å². The van der Waals surface area contributed by atoms with Crippen molar-refractivity contribution in [3.8, 4) is 22.3 Å². The Kier molecular flexibility index (Phi) is 6.26. The van der Waals surface area contributed by atoms with E-state index in [2.05, 4.69) is 169 Å². The fraction of sp³-hybridized carbons (Fsp3) is 0.146. The second-order valence-electron chi connectivity index (χ2n) is 14.5. The maximum atomic E-state index is 2.85. The van der Waals surface area contributed by atoms with Gasteiger partial charge in [0.15, 0.2) is 0 Å². The summed E-state index contributed by atoms with van der Waals surface area (Å²) in [5.74, 6) is 0. The number of allylic oxidation sites excluding steroid dienone is 2. The molecule has 0 bridgehead atoms. The van der Waals surface area contributed by atoms with Crippen molar-refractivity contribution in [1.82, 2.24) is 0 Å². The zero-order chi connectivity index (χ0) is 28.9. The second-order valence-corrected chi connectivity index (χ2v) is 53.5. The summed E-state index contributed by atoms with van der Waals surface area (Å²) >= 11 is -4.62. The zero-order valence-electron chi connectivity index (χ0n) is 24.9. The second kappa shape index (κ2) is 9.68. The van der Waals surface area contributed by atoms with Crippen LogP contribution in [0.3, 0.4) is 0 Å². The van der Waals surface area contributed by atoms with Crippen molar-refractivity contribution in [3.05, 3.63) is 167 Å². The molecular formula is C41H39Hf. The van der Waals surface area contributed by atoms with Gasteiger partial charge in [0.05, 0.1) is 0 Å². The maximum absolute atomic E-state index is 4.62. The van der Waals surface area contributed by atoms with Gasteiger partial charge in [-0.2, -0.15) is 0 Å². The first-order chi connectivity index (χ1) is 20.3. The molecular weight excluding hydrogens is 671 g/mol. The van der Waals surface area contributed by atoms with Gasteiger partial charge in [-0.1, -0.05) is 0 Å². The molecule has 0 aliphatic heterocycles. The molecule has 0 heterocycles. The van der Waals surface area contributed by atoms with E-state index >= 15 is 0 Å². The Bertz CT molecular complexity index is 1820. The molecule has 5 aromatic carbocycles. The zero-order valence-corrected chi connectivity index (χ0v) is 28.5. The van der Waals surface area contributed by atoms with E-state index in [0.29, 0.717) is 7.35 Å². The topological polar surface area (TPSA) is 0 Å². The summed E-state index contributed by atoms with van der Waals surface area (Å²) < 4.78 is 11.8. The van der Waals surface area contributed by atoms with Crippen molar-refractivity contribution < 1.29 is 16.5 Å². The van der Waals surface area contributed by atoms with E-state index in [9.17, 15) is 0 Å². The molecule has 0 saturated carbocycles. The van der Waals surface area contributed by atoms with Gasteiger partial charge in [0.1, 0.15) is 0 Å². The molecule has 0 aromatic heterocycles. The predicted molar refractivity (Wildman–Crippen MR) is 181 cm³/mol. The van der Waals surface area contributed by atoms with Crippen LogP contribution in [0.5, 0.6) is 0 Å². The number of benzene rings is 5. The van der Waals surface area contributed by atoms with E-state index in [4.69, 9.17) is 0 Å². The average molecular weight is 710 g/mol. The predicted octanol–water partition coefficient (Wildman–Crippen LogP) is 11.3. The Morgan fingerprint density at radius 3 is 1.38 bits per heavy atom. The summed E-state index contributed by atoms with van der Waals surface area (Å²) in [5.41, 5.74) is 12.4. The standard InChI is InChI=1S/2C15H11.C8H8.3CH3.Hf/c2*1-2-6-12(7-3-1)14-10-4-8-13-9-5-11-15(13)14;1-2-8-6-4-3-5-7-8;;;;/h2*1-11H;1,3-7H,2H2;3*1H3;. The molecule has 2 atom stereocenters. The van der Waals surface area contributed by atoms with Crippen LogP contribution in [0, 0.1) is 0 Å². The first kappa shape index (κ1) is 27.2. The molecule has 0 spiro atoms. The number of rotatable bonds is 6. The van der Waals surface area contributed by atoms with Gasteiger partial charge in [-0.15, -0.1) is 0 Å². The number of hydrogen-bond donors (Lipinski definition) is 0. The summed E-state index contributed by atoms with van der Waals surface area (Å²) in [5, 5.41) is 0. The van der Waals surface area contributed by atoms with Crippen LogP contribution in [0.15, 0.2) is 140 Å². The van der Waals surface area contributed by atoms with Crippen LogP contribution in [0.1, 0.15) is 35.2 Å². The van der Waals surface area contributed by atoms with E-state index in [0.717, 1.165) is 6.42 Å². The SMILES string of the molecule is [CH3][Hf]([CH3])([CH3])(=[CH]Cc1ccccc1)([CH]1C=Cc2c(-c3ccccc3)cccc21)[CH]1C=Cc2c(-c3ccccc3)cccc21. The van der Waals surface area contributed by atoms with Crippen LogP contribution >= 0.6 is 0 Å². The van der Waals surface area contributed by atoms with E-state index in [1.54, 1.807) is 0 Å². The molecule has 1 heteroatoms. The first-order valence-corrected chi connectivity index (χ1v) is 32.3. The fourth-order valence-electron chi connectivity index (χ4n) is 8.11. The number of hydrogen-bond acceptors (Lipinski definition) is 0. The van der Waals surface area contributed by atoms with Crippen LogP contribution in [0.25, 0.3) is 34.4 Å². The molecule has 0 radical (unpaired) electrons. The van der Waals surface area contributed by atoms with E-state index in [-0.39, 0.29) is 0 Å². The Balaban J connectivity index is 1.45. The monoisotopic (exact) mass is 711 g/mol. The van der Waals surface area contributed by atoms with E-state index in [1.165, 1.54) is 50.1 Å². The Morgan fingerprint density at radius 2 is 0.929 bits per heavy atom. The van der Waals surface area contributed by atoms with Crippen molar-refractivity contribution in [2.45, 2.75) is 27.8 Å². The van der Waals surface area contributed by atoms with Crippen LogP contribution < -0.4 is 0 Å². The third-order valence-corrected chi connectivity index (χ3v) is 39.7. The van der Waals surface area contributed by atoms with Crippen LogP contribution in [0.2, 0.25) is 14.0 Å². The summed E-state index contributed by atoms with van der Waals surface area (Å²) in [6, 6.07) is 46.8. The third kappa shape index (κ3) is 4.33. The van der Waals surface area contributed by atoms with Gasteiger partial charge in [0.25, 0.3) is 0 Å². The minimum absolute atomic E-state index is 0.378. The van der Waals surface area contributed by atoms with Crippen molar-refractivity contribution in [3.63, 3.8) is 0 Å². The van der Waals surface area contributed by atoms with Gasteiger partial charge in [-0.25, -0.2) is 0 Å². The molecule has 42 heavy (non-hydrogen) atoms. The Hall–Kier alpha value is -3.68. The molecule has 0 amide bonds. The fourth-order valence-corrected chi connectivity index (χ4v) is 32.7. The summed E-state index contributed by atoms with van der Waals surface area (Å²) in [6.07, 6.45) is 11.0. The Labute approximate surface area is 248 Å². The van der Waals surface area contributed by atoms with Crippen molar-refractivity contribution >= 4 is 15.9 Å². The average Bonchev–Trinajstić information content (AvgIpc) is 3.69. The molecule has 0 fully saturated rings. The minimum atomic E-state index is -4.62. The summed E-state index contributed by atoms with van der Waals surface area (Å²) in [7, 11) is 0. The molecule has 0 N–H and O–H groups in total.